The monoisotopic (exact) mass is 586 g/mol. The number of hydrogen-bond acceptors (Lipinski definition) is 6. The highest BCUT2D eigenvalue weighted by molar-refractivity contribution is 6.30. The molecule has 3 aliphatic heterocycles. The molecule has 2 bridgehead atoms. The van der Waals surface area contributed by atoms with Crippen LogP contribution in [0, 0.1) is 0 Å². The number of ether oxygens (including phenoxy) is 3. The minimum absolute atomic E-state index is 0.176. The fourth-order valence-corrected chi connectivity index (χ4v) is 7.25. The third kappa shape index (κ3) is 5.23. The van der Waals surface area contributed by atoms with Crippen LogP contribution in [-0.2, 0) is 5.66 Å². The van der Waals surface area contributed by atoms with E-state index in [0.29, 0.717) is 18.2 Å². The number of imidazole rings is 1. The number of benzene rings is 3. The van der Waals surface area contributed by atoms with Gasteiger partial charge in [-0.1, -0.05) is 37.1 Å². The molecule has 3 aliphatic rings. The van der Waals surface area contributed by atoms with E-state index in [9.17, 15) is 0 Å². The predicted octanol–water partition coefficient (Wildman–Crippen LogP) is 7.56. The minimum Gasteiger partial charge on any atom is -0.492 e. The zero-order chi connectivity index (χ0) is 28.5. The number of hydrogen-bond donors (Lipinski definition) is 0. The van der Waals surface area contributed by atoms with Gasteiger partial charge in [-0.2, -0.15) is 0 Å². The first-order valence-corrected chi connectivity index (χ1v) is 15.8. The molecular weight excluding hydrogens is 548 g/mol. The molecule has 220 valence electrons. The number of aromatic nitrogens is 2. The SMILES string of the molecule is CCCC12CCCN1CCOc1cc(OCCN3CCCC3)c3nc(-c4cccc(Oc5ccc(Cl)cc5)c4)n2c3c1. The maximum atomic E-state index is 6.51. The van der Waals surface area contributed by atoms with Crippen molar-refractivity contribution in [3.63, 3.8) is 0 Å². The van der Waals surface area contributed by atoms with Gasteiger partial charge in [0.05, 0.1) is 11.2 Å². The van der Waals surface area contributed by atoms with Crippen LogP contribution in [0.1, 0.15) is 45.4 Å². The highest BCUT2D eigenvalue weighted by Crippen LogP contribution is 2.46. The second-order valence-corrected chi connectivity index (χ2v) is 12.1. The van der Waals surface area contributed by atoms with Gasteiger partial charge in [-0.3, -0.25) is 9.80 Å². The Balaban J connectivity index is 1.35. The number of rotatable bonds is 9. The van der Waals surface area contributed by atoms with Gasteiger partial charge in [0.15, 0.2) is 5.75 Å². The molecule has 0 radical (unpaired) electrons. The summed E-state index contributed by atoms with van der Waals surface area (Å²) in [5.41, 5.74) is 2.81. The lowest BCUT2D eigenvalue weighted by Gasteiger charge is -2.41. The van der Waals surface area contributed by atoms with Crippen molar-refractivity contribution in [2.45, 2.75) is 51.1 Å². The van der Waals surface area contributed by atoms with E-state index < -0.39 is 0 Å². The lowest BCUT2D eigenvalue weighted by Crippen LogP contribution is -2.47. The average Bonchev–Trinajstić information content (AvgIpc) is 3.74. The standard InChI is InChI=1S/C34H39ClN4O3/c1-2-13-34-14-6-17-38(34)19-21-40-29-23-30-32(31(24-29)41-20-18-37-15-3-4-16-37)36-33(39(30)34)25-7-5-8-28(22-25)42-27-11-9-26(35)10-12-27/h5,7-12,22-24H,2-4,6,13-21H2,1H3. The molecule has 2 fully saturated rings. The topological polar surface area (TPSA) is 52.0 Å². The maximum absolute atomic E-state index is 6.51. The zero-order valence-corrected chi connectivity index (χ0v) is 25.1. The van der Waals surface area contributed by atoms with Crippen molar-refractivity contribution in [2.24, 2.45) is 0 Å². The van der Waals surface area contributed by atoms with E-state index in [0.717, 1.165) is 104 Å². The molecule has 0 amide bonds. The third-order valence-corrected chi connectivity index (χ3v) is 9.25. The van der Waals surface area contributed by atoms with Crippen molar-refractivity contribution in [3.8, 4) is 34.4 Å². The Morgan fingerprint density at radius 2 is 1.81 bits per heavy atom. The molecule has 0 aliphatic carbocycles. The molecule has 42 heavy (non-hydrogen) atoms. The van der Waals surface area contributed by atoms with Crippen molar-refractivity contribution >= 4 is 22.6 Å². The Kier molecular flexibility index (Phi) is 7.74. The van der Waals surface area contributed by atoms with Crippen LogP contribution < -0.4 is 14.2 Å². The summed E-state index contributed by atoms with van der Waals surface area (Å²) in [6.45, 7) is 8.75. The normalized spacial score (nSPS) is 20.7. The van der Waals surface area contributed by atoms with Crippen molar-refractivity contribution in [3.05, 3.63) is 65.7 Å². The number of nitrogens with zero attached hydrogens (tertiary/aromatic N) is 4. The summed E-state index contributed by atoms with van der Waals surface area (Å²) in [7, 11) is 0. The summed E-state index contributed by atoms with van der Waals surface area (Å²) in [4.78, 5) is 10.5. The highest BCUT2D eigenvalue weighted by Gasteiger charge is 2.44. The van der Waals surface area contributed by atoms with Crippen LogP contribution in [0.2, 0.25) is 5.02 Å². The van der Waals surface area contributed by atoms with E-state index in [2.05, 4.69) is 39.5 Å². The van der Waals surface area contributed by atoms with Crippen molar-refractivity contribution in [1.29, 1.82) is 0 Å². The summed E-state index contributed by atoms with van der Waals surface area (Å²) < 4.78 is 21.6. The smallest absolute Gasteiger partial charge is 0.150 e. The lowest BCUT2D eigenvalue weighted by atomic mass is 9.98. The second kappa shape index (κ2) is 11.8. The van der Waals surface area contributed by atoms with Gasteiger partial charge >= 0.3 is 0 Å². The van der Waals surface area contributed by atoms with Crippen LogP contribution in [0.15, 0.2) is 60.7 Å². The van der Waals surface area contributed by atoms with E-state index in [-0.39, 0.29) is 5.66 Å². The molecule has 4 heterocycles. The average molecular weight is 587 g/mol. The van der Waals surface area contributed by atoms with Crippen LogP contribution in [-0.4, -0.2) is 65.3 Å². The summed E-state index contributed by atoms with van der Waals surface area (Å²) in [6, 6.07) is 19.9. The van der Waals surface area contributed by atoms with Crippen LogP contribution >= 0.6 is 11.6 Å². The molecule has 7 rings (SSSR count). The summed E-state index contributed by atoms with van der Waals surface area (Å²) >= 11 is 6.10. The molecule has 3 aromatic carbocycles. The van der Waals surface area contributed by atoms with Gasteiger partial charge in [0.25, 0.3) is 0 Å². The fraction of sp³-hybridized carbons (Fsp3) is 0.441. The summed E-state index contributed by atoms with van der Waals surface area (Å²) in [5.74, 6) is 4.09. The van der Waals surface area contributed by atoms with Crippen molar-refractivity contribution in [2.75, 3.05) is 45.9 Å². The number of fused-ring (bicyclic) bond motifs is 3. The Bertz CT molecular complexity index is 1550. The third-order valence-electron chi connectivity index (χ3n) is 8.99. The molecule has 0 N–H and O–H groups in total. The van der Waals surface area contributed by atoms with Gasteiger partial charge < -0.3 is 18.8 Å². The Hall–Kier alpha value is -3.26. The molecular formula is C34H39ClN4O3. The van der Waals surface area contributed by atoms with Crippen LogP contribution in [0.25, 0.3) is 22.4 Å². The lowest BCUT2D eigenvalue weighted by molar-refractivity contribution is 0.0450. The fourth-order valence-electron chi connectivity index (χ4n) is 7.12. The molecule has 1 aromatic heterocycles. The molecule has 1 atom stereocenters. The quantitative estimate of drug-likeness (QED) is 0.202. The summed E-state index contributed by atoms with van der Waals surface area (Å²) in [6.07, 6.45) is 6.90. The molecule has 7 nitrogen and oxygen atoms in total. The second-order valence-electron chi connectivity index (χ2n) is 11.7. The van der Waals surface area contributed by atoms with Gasteiger partial charge in [-0.05, 0) is 81.6 Å². The largest absolute Gasteiger partial charge is 0.492 e. The van der Waals surface area contributed by atoms with Gasteiger partial charge in [-0.15, -0.1) is 0 Å². The van der Waals surface area contributed by atoms with E-state index >= 15 is 0 Å². The molecule has 4 aromatic rings. The molecule has 0 spiro atoms. The van der Waals surface area contributed by atoms with Gasteiger partial charge in [-0.25, -0.2) is 4.98 Å². The van der Waals surface area contributed by atoms with Gasteiger partial charge in [0.2, 0.25) is 0 Å². The Morgan fingerprint density at radius 1 is 0.952 bits per heavy atom. The van der Waals surface area contributed by atoms with Crippen LogP contribution in [0.3, 0.4) is 0 Å². The van der Waals surface area contributed by atoms with Gasteiger partial charge in [0, 0.05) is 42.4 Å². The highest BCUT2D eigenvalue weighted by atomic mass is 35.5. The van der Waals surface area contributed by atoms with E-state index in [1.54, 1.807) is 0 Å². The Labute approximate surface area is 252 Å². The molecule has 0 saturated carbocycles. The molecule has 8 heteroatoms. The zero-order valence-electron chi connectivity index (χ0n) is 24.4. The molecule has 1 unspecified atom stereocenters. The summed E-state index contributed by atoms with van der Waals surface area (Å²) in [5, 5.41) is 0.686. The van der Waals surface area contributed by atoms with E-state index in [1.165, 1.54) is 12.8 Å². The van der Waals surface area contributed by atoms with Crippen molar-refractivity contribution in [1.82, 2.24) is 19.4 Å². The Morgan fingerprint density at radius 3 is 2.64 bits per heavy atom. The first kappa shape index (κ1) is 27.6. The van der Waals surface area contributed by atoms with Crippen LogP contribution in [0.4, 0.5) is 0 Å². The first-order chi connectivity index (χ1) is 20.6. The van der Waals surface area contributed by atoms with E-state index in [1.807, 2.05) is 42.5 Å². The maximum Gasteiger partial charge on any atom is 0.150 e. The van der Waals surface area contributed by atoms with Crippen LogP contribution in [0.5, 0.6) is 23.0 Å². The first-order valence-electron chi connectivity index (χ1n) is 15.5. The van der Waals surface area contributed by atoms with E-state index in [4.69, 9.17) is 30.8 Å². The number of likely N-dealkylation sites (tertiary alicyclic amines) is 1. The van der Waals surface area contributed by atoms with Gasteiger partial charge in [0.1, 0.15) is 41.8 Å². The molecule has 2 saturated heterocycles. The number of halogens is 1. The predicted molar refractivity (Wildman–Crippen MR) is 167 cm³/mol. The minimum atomic E-state index is -0.176. The van der Waals surface area contributed by atoms with Crippen molar-refractivity contribution < 1.29 is 14.2 Å².